The molecule has 2 rings (SSSR count). The maximum Gasteiger partial charge on any atom is 0.287 e. The van der Waals surface area contributed by atoms with Gasteiger partial charge in [0, 0.05) is 29.2 Å². The minimum atomic E-state index is -0.511. The van der Waals surface area contributed by atoms with E-state index in [1.165, 1.54) is 18.3 Å². The molecule has 0 bridgehead atoms. The summed E-state index contributed by atoms with van der Waals surface area (Å²) in [5.74, 6) is 0.360. The van der Waals surface area contributed by atoms with Gasteiger partial charge in [0.15, 0.2) is 0 Å². The third-order valence-corrected chi connectivity index (χ3v) is 3.27. The van der Waals surface area contributed by atoms with Crippen LogP contribution in [0.25, 0.3) is 0 Å². The number of benzene rings is 1. The molecule has 22 heavy (non-hydrogen) atoms. The van der Waals surface area contributed by atoms with Crippen molar-refractivity contribution in [1.82, 2.24) is 4.98 Å². The summed E-state index contributed by atoms with van der Waals surface area (Å²) >= 11 is 3.32. The molecule has 114 valence electrons. The van der Waals surface area contributed by atoms with Gasteiger partial charge in [-0.25, -0.2) is 4.98 Å². The number of anilines is 2. The zero-order valence-corrected chi connectivity index (χ0v) is 13.0. The highest BCUT2D eigenvalue weighted by Gasteiger charge is 2.06. The number of carbonyl (C=O) groups excluding carboxylic acids is 1. The van der Waals surface area contributed by atoms with E-state index in [9.17, 15) is 14.9 Å². The maximum absolute atomic E-state index is 11.8. The molecule has 0 saturated heterocycles. The van der Waals surface area contributed by atoms with Gasteiger partial charge in [-0.15, -0.1) is 0 Å². The van der Waals surface area contributed by atoms with Crippen LogP contribution in [0.1, 0.15) is 6.42 Å². The Bertz CT molecular complexity index is 659. The third-order valence-electron chi connectivity index (χ3n) is 2.74. The number of aromatic nitrogens is 1. The SMILES string of the molecule is O=C(CCNc1ccc([N+](=O)[O-])cn1)Nc1ccc(Br)cc1. The second-order valence-corrected chi connectivity index (χ2v) is 5.31. The van der Waals surface area contributed by atoms with Gasteiger partial charge in [0.1, 0.15) is 12.0 Å². The molecule has 1 aromatic carbocycles. The van der Waals surface area contributed by atoms with Crippen LogP contribution >= 0.6 is 15.9 Å². The summed E-state index contributed by atoms with van der Waals surface area (Å²) < 4.78 is 0.941. The van der Waals surface area contributed by atoms with Gasteiger partial charge in [-0.1, -0.05) is 15.9 Å². The second-order valence-electron chi connectivity index (χ2n) is 4.39. The van der Waals surface area contributed by atoms with Crippen LogP contribution in [-0.2, 0) is 4.79 Å². The summed E-state index contributed by atoms with van der Waals surface area (Å²) in [7, 11) is 0. The number of hydrogen-bond donors (Lipinski definition) is 2. The summed E-state index contributed by atoms with van der Waals surface area (Å²) in [6.45, 7) is 0.382. The number of rotatable bonds is 6. The average molecular weight is 365 g/mol. The molecule has 1 aromatic heterocycles. The van der Waals surface area contributed by atoms with Crippen LogP contribution in [0.2, 0.25) is 0 Å². The molecule has 8 heteroatoms. The molecule has 1 heterocycles. The summed E-state index contributed by atoms with van der Waals surface area (Å²) in [4.78, 5) is 25.6. The number of hydrogen-bond acceptors (Lipinski definition) is 5. The molecule has 7 nitrogen and oxygen atoms in total. The van der Waals surface area contributed by atoms with Gasteiger partial charge in [0.2, 0.25) is 5.91 Å². The lowest BCUT2D eigenvalue weighted by atomic mass is 10.3. The van der Waals surface area contributed by atoms with Crippen molar-refractivity contribution in [3.8, 4) is 0 Å². The van der Waals surface area contributed by atoms with E-state index in [0.717, 1.165) is 10.2 Å². The van der Waals surface area contributed by atoms with E-state index in [0.29, 0.717) is 12.4 Å². The summed E-state index contributed by atoms with van der Waals surface area (Å²) in [6.07, 6.45) is 1.43. The fourth-order valence-electron chi connectivity index (χ4n) is 1.66. The van der Waals surface area contributed by atoms with Crippen LogP contribution in [0.15, 0.2) is 47.1 Å². The Balaban J connectivity index is 1.77. The van der Waals surface area contributed by atoms with Gasteiger partial charge in [0.05, 0.1) is 4.92 Å². The van der Waals surface area contributed by atoms with Gasteiger partial charge < -0.3 is 10.6 Å². The van der Waals surface area contributed by atoms with E-state index >= 15 is 0 Å². The first kappa shape index (κ1) is 15.9. The topological polar surface area (TPSA) is 97.2 Å². The quantitative estimate of drug-likeness (QED) is 0.605. The zero-order valence-electron chi connectivity index (χ0n) is 11.5. The number of amides is 1. The fraction of sp³-hybridized carbons (Fsp3) is 0.143. The Labute approximate surface area is 135 Å². The molecule has 0 saturated carbocycles. The van der Waals surface area contributed by atoms with E-state index in [4.69, 9.17) is 0 Å². The number of nitro groups is 1. The Morgan fingerprint density at radius 3 is 2.55 bits per heavy atom. The van der Waals surface area contributed by atoms with Gasteiger partial charge >= 0.3 is 0 Å². The van der Waals surface area contributed by atoms with Gasteiger partial charge in [0.25, 0.3) is 5.69 Å². The first-order valence-corrected chi connectivity index (χ1v) is 7.23. The van der Waals surface area contributed by atoms with Crippen LogP contribution in [0.4, 0.5) is 17.2 Å². The highest BCUT2D eigenvalue weighted by molar-refractivity contribution is 9.10. The maximum atomic E-state index is 11.8. The van der Waals surface area contributed by atoms with Crippen molar-refractivity contribution in [2.24, 2.45) is 0 Å². The molecule has 0 aliphatic rings. The number of halogens is 1. The van der Waals surface area contributed by atoms with Gasteiger partial charge in [-0.05, 0) is 30.3 Å². The van der Waals surface area contributed by atoms with E-state index in [1.54, 1.807) is 12.1 Å². The first-order valence-electron chi connectivity index (χ1n) is 6.44. The Morgan fingerprint density at radius 2 is 1.95 bits per heavy atom. The molecule has 0 radical (unpaired) electrons. The fourth-order valence-corrected chi connectivity index (χ4v) is 1.92. The van der Waals surface area contributed by atoms with E-state index in [2.05, 4.69) is 31.5 Å². The zero-order chi connectivity index (χ0) is 15.9. The second kappa shape index (κ2) is 7.51. The molecule has 0 aliphatic carbocycles. The molecular formula is C14H13BrN4O3. The van der Waals surface area contributed by atoms with Crippen molar-refractivity contribution >= 4 is 39.0 Å². The smallest absolute Gasteiger partial charge is 0.287 e. The molecule has 0 spiro atoms. The molecule has 1 amide bonds. The Kier molecular flexibility index (Phi) is 5.42. The normalized spacial score (nSPS) is 10.0. The summed E-state index contributed by atoms with van der Waals surface area (Å²) in [5, 5.41) is 16.2. The van der Waals surface area contributed by atoms with E-state index in [-0.39, 0.29) is 18.0 Å². The third kappa shape index (κ3) is 4.81. The highest BCUT2D eigenvalue weighted by Crippen LogP contribution is 2.14. The molecule has 2 N–H and O–H groups in total. The number of nitrogens with zero attached hydrogens (tertiary/aromatic N) is 2. The average Bonchev–Trinajstić information content (AvgIpc) is 2.50. The van der Waals surface area contributed by atoms with E-state index in [1.807, 2.05) is 12.1 Å². The van der Waals surface area contributed by atoms with Crippen molar-refractivity contribution in [1.29, 1.82) is 0 Å². The minimum Gasteiger partial charge on any atom is -0.370 e. The molecule has 2 aromatic rings. The monoisotopic (exact) mass is 364 g/mol. The predicted molar refractivity (Wildman–Crippen MR) is 86.8 cm³/mol. The van der Waals surface area contributed by atoms with E-state index < -0.39 is 4.92 Å². The standard InChI is InChI=1S/C14H13BrN4O3/c15-10-1-3-11(4-2-10)18-14(20)7-8-16-13-6-5-12(9-17-13)19(21)22/h1-6,9H,7-8H2,(H,16,17)(H,18,20). The molecule has 0 atom stereocenters. The molecule has 0 aliphatic heterocycles. The van der Waals surface area contributed by atoms with Crippen molar-refractivity contribution in [3.05, 3.63) is 57.2 Å². The van der Waals surface area contributed by atoms with Crippen LogP contribution < -0.4 is 10.6 Å². The van der Waals surface area contributed by atoms with Crippen LogP contribution in [-0.4, -0.2) is 22.4 Å². The molecular weight excluding hydrogens is 352 g/mol. The summed E-state index contributed by atoms with van der Waals surface area (Å²) in [6, 6.07) is 10.1. The number of nitrogens with one attached hydrogen (secondary N) is 2. The molecule has 0 fully saturated rings. The number of pyridine rings is 1. The van der Waals surface area contributed by atoms with Gasteiger partial charge in [-0.3, -0.25) is 14.9 Å². The van der Waals surface area contributed by atoms with Crippen molar-refractivity contribution < 1.29 is 9.72 Å². The van der Waals surface area contributed by atoms with Crippen molar-refractivity contribution in [2.45, 2.75) is 6.42 Å². The highest BCUT2D eigenvalue weighted by atomic mass is 79.9. The molecule has 0 unspecified atom stereocenters. The Hall–Kier alpha value is -2.48. The van der Waals surface area contributed by atoms with Crippen LogP contribution in [0.3, 0.4) is 0 Å². The lowest BCUT2D eigenvalue weighted by molar-refractivity contribution is -0.385. The lowest BCUT2D eigenvalue weighted by Gasteiger charge is -2.07. The lowest BCUT2D eigenvalue weighted by Crippen LogP contribution is -2.16. The first-order chi connectivity index (χ1) is 10.5. The predicted octanol–water partition coefficient (Wildman–Crippen LogP) is 3.19. The van der Waals surface area contributed by atoms with Crippen LogP contribution in [0.5, 0.6) is 0 Å². The van der Waals surface area contributed by atoms with Crippen LogP contribution in [0, 0.1) is 10.1 Å². The largest absolute Gasteiger partial charge is 0.370 e. The summed E-state index contributed by atoms with van der Waals surface area (Å²) in [5.41, 5.74) is 0.653. The van der Waals surface area contributed by atoms with Crippen molar-refractivity contribution in [2.75, 3.05) is 17.2 Å². The van der Waals surface area contributed by atoms with Gasteiger partial charge in [-0.2, -0.15) is 0 Å². The van der Waals surface area contributed by atoms with Crippen molar-refractivity contribution in [3.63, 3.8) is 0 Å². The minimum absolute atomic E-state index is 0.0708. The Morgan fingerprint density at radius 1 is 1.23 bits per heavy atom. The number of carbonyl (C=O) groups is 1.